The largest absolute Gasteiger partial charge is 0.395 e. The van der Waals surface area contributed by atoms with Crippen molar-refractivity contribution in [1.29, 1.82) is 0 Å². The van der Waals surface area contributed by atoms with Gasteiger partial charge in [-0.05, 0) is 12.1 Å². The molecule has 0 saturated heterocycles. The van der Waals surface area contributed by atoms with Crippen molar-refractivity contribution < 1.29 is 9.90 Å². The molecule has 1 amide bonds. The second-order valence-electron chi connectivity index (χ2n) is 2.19. The maximum atomic E-state index is 11.1. The maximum Gasteiger partial charge on any atom is 0.269 e. The minimum absolute atomic E-state index is 0. The second kappa shape index (κ2) is 6.39. The summed E-state index contributed by atoms with van der Waals surface area (Å²) in [4.78, 5) is 15.0. The summed E-state index contributed by atoms with van der Waals surface area (Å²) in [5.41, 5.74) is 0.367. The highest BCUT2D eigenvalue weighted by molar-refractivity contribution is 5.92. The fourth-order valence-electron chi connectivity index (χ4n) is 0.757. The van der Waals surface area contributed by atoms with E-state index >= 15 is 0 Å². The van der Waals surface area contributed by atoms with Crippen molar-refractivity contribution in [1.82, 2.24) is 10.3 Å². The number of aliphatic hydroxyl groups is 1. The third kappa shape index (κ3) is 3.87. The molecule has 2 N–H and O–H groups in total. The van der Waals surface area contributed by atoms with E-state index in [1.807, 2.05) is 0 Å². The Bertz CT molecular complexity index is 254. The van der Waals surface area contributed by atoms with Crippen LogP contribution in [0.2, 0.25) is 0 Å². The number of hydrogen-bond acceptors (Lipinski definition) is 3. The van der Waals surface area contributed by atoms with Gasteiger partial charge in [-0.1, -0.05) is 6.07 Å². The topological polar surface area (TPSA) is 62.2 Å². The zero-order valence-corrected chi connectivity index (χ0v) is 7.75. The Morgan fingerprint density at radius 2 is 2.31 bits per heavy atom. The molecule has 0 saturated carbocycles. The Kier molecular flexibility index (Phi) is 5.84. The molecule has 4 nitrogen and oxygen atoms in total. The lowest BCUT2D eigenvalue weighted by atomic mass is 10.3. The monoisotopic (exact) mass is 202 g/mol. The maximum absolute atomic E-state index is 11.1. The fourth-order valence-corrected chi connectivity index (χ4v) is 0.757. The Morgan fingerprint density at radius 3 is 2.85 bits per heavy atom. The van der Waals surface area contributed by atoms with Gasteiger partial charge in [0.25, 0.3) is 5.91 Å². The first-order valence-electron chi connectivity index (χ1n) is 3.64. The zero-order chi connectivity index (χ0) is 8.81. The van der Waals surface area contributed by atoms with Gasteiger partial charge in [0.15, 0.2) is 0 Å². The van der Waals surface area contributed by atoms with Crippen LogP contribution in [0.1, 0.15) is 10.5 Å². The Morgan fingerprint density at radius 1 is 1.54 bits per heavy atom. The summed E-state index contributed by atoms with van der Waals surface area (Å²) in [5.74, 6) is -0.260. The number of rotatable bonds is 3. The van der Waals surface area contributed by atoms with Gasteiger partial charge in [0, 0.05) is 12.7 Å². The van der Waals surface area contributed by atoms with Crippen LogP contribution >= 0.6 is 12.4 Å². The molecule has 0 bridgehead atoms. The molecule has 0 radical (unpaired) electrons. The normalized spacial score (nSPS) is 8.69. The molecule has 13 heavy (non-hydrogen) atoms. The van der Waals surface area contributed by atoms with E-state index in [4.69, 9.17) is 5.11 Å². The average molecular weight is 203 g/mol. The predicted molar refractivity (Wildman–Crippen MR) is 50.9 cm³/mol. The van der Waals surface area contributed by atoms with Crippen LogP contribution in [-0.4, -0.2) is 29.1 Å². The van der Waals surface area contributed by atoms with Gasteiger partial charge in [0.1, 0.15) is 5.69 Å². The number of carbonyl (C=O) groups is 1. The molecule has 5 heteroatoms. The van der Waals surface area contributed by atoms with Gasteiger partial charge >= 0.3 is 0 Å². The quantitative estimate of drug-likeness (QED) is 0.738. The fraction of sp³-hybridized carbons (Fsp3) is 0.250. The molecule has 0 spiro atoms. The lowest BCUT2D eigenvalue weighted by Crippen LogP contribution is -2.26. The van der Waals surface area contributed by atoms with Crippen molar-refractivity contribution in [3.8, 4) is 0 Å². The van der Waals surface area contributed by atoms with Crippen molar-refractivity contribution in [2.75, 3.05) is 13.2 Å². The summed E-state index contributed by atoms with van der Waals surface area (Å²) >= 11 is 0. The third-order valence-electron chi connectivity index (χ3n) is 1.29. The molecule has 1 aromatic rings. The second-order valence-corrected chi connectivity index (χ2v) is 2.19. The average Bonchev–Trinajstić information content (AvgIpc) is 2.15. The molecule has 0 aromatic carbocycles. The van der Waals surface area contributed by atoms with Crippen molar-refractivity contribution in [3.05, 3.63) is 30.1 Å². The van der Waals surface area contributed by atoms with E-state index in [-0.39, 0.29) is 31.5 Å². The summed E-state index contributed by atoms with van der Waals surface area (Å²) in [6.45, 7) is 0.202. The summed E-state index contributed by atoms with van der Waals surface area (Å²) < 4.78 is 0. The van der Waals surface area contributed by atoms with E-state index in [1.165, 1.54) is 0 Å². The van der Waals surface area contributed by atoms with Crippen LogP contribution in [0.25, 0.3) is 0 Å². The van der Waals surface area contributed by atoms with Crippen LogP contribution in [0.5, 0.6) is 0 Å². The van der Waals surface area contributed by atoms with Gasteiger partial charge in [-0.25, -0.2) is 0 Å². The van der Waals surface area contributed by atoms with Crippen LogP contribution in [0.15, 0.2) is 24.4 Å². The summed E-state index contributed by atoms with van der Waals surface area (Å²) in [5, 5.41) is 10.9. The summed E-state index contributed by atoms with van der Waals surface area (Å²) in [7, 11) is 0. The molecule has 1 aromatic heterocycles. The molecule has 1 rings (SSSR count). The molecule has 0 atom stereocenters. The molecule has 1 heterocycles. The number of nitrogens with zero attached hydrogens (tertiary/aromatic N) is 1. The first-order valence-corrected chi connectivity index (χ1v) is 3.64. The standard InChI is InChI=1S/C8H10N2O2.ClH/c11-6-5-10-8(12)7-3-1-2-4-9-7;/h1-4,11H,5-6H2,(H,10,12);1H. The van der Waals surface area contributed by atoms with E-state index < -0.39 is 0 Å². The number of halogens is 1. The van der Waals surface area contributed by atoms with Gasteiger partial charge in [-0.15, -0.1) is 12.4 Å². The van der Waals surface area contributed by atoms with E-state index in [0.29, 0.717) is 5.69 Å². The lowest BCUT2D eigenvalue weighted by Gasteiger charge is -2.00. The smallest absolute Gasteiger partial charge is 0.269 e. The Balaban J connectivity index is 0.00000144. The van der Waals surface area contributed by atoms with E-state index in [0.717, 1.165) is 0 Å². The number of aromatic nitrogens is 1. The van der Waals surface area contributed by atoms with E-state index in [1.54, 1.807) is 24.4 Å². The SMILES string of the molecule is Cl.O=C(NCCO)c1ccccn1. The zero-order valence-electron chi connectivity index (χ0n) is 6.93. The van der Waals surface area contributed by atoms with Crippen molar-refractivity contribution >= 4 is 18.3 Å². The van der Waals surface area contributed by atoms with Crippen LogP contribution in [0, 0.1) is 0 Å². The van der Waals surface area contributed by atoms with Crippen LogP contribution in [-0.2, 0) is 0 Å². The number of nitrogens with one attached hydrogen (secondary N) is 1. The lowest BCUT2D eigenvalue weighted by molar-refractivity contribution is 0.0940. The van der Waals surface area contributed by atoms with Gasteiger partial charge in [0.05, 0.1) is 6.61 Å². The van der Waals surface area contributed by atoms with Gasteiger partial charge in [0.2, 0.25) is 0 Å². The number of aliphatic hydroxyl groups excluding tert-OH is 1. The summed E-state index contributed by atoms with van der Waals surface area (Å²) in [6.07, 6.45) is 1.55. The summed E-state index contributed by atoms with van der Waals surface area (Å²) in [6, 6.07) is 5.09. The van der Waals surface area contributed by atoms with E-state index in [2.05, 4.69) is 10.3 Å². The number of hydrogen-bond donors (Lipinski definition) is 2. The van der Waals surface area contributed by atoms with Crippen molar-refractivity contribution in [3.63, 3.8) is 0 Å². The molecule has 72 valence electrons. The molecular weight excluding hydrogens is 192 g/mol. The van der Waals surface area contributed by atoms with Crippen molar-refractivity contribution in [2.24, 2.45) is 0 Å². The molecule has 0 aliphatic carbocycles. The van der Waals surface area contributed by atoms with Gasteiger partial charge in [-0.3, -0.25) is 9.78 Å². The Labute approximate surface area is 82.4 Å². The predicted octanol–water partition coefficient (Wildman–Crippen LogP) is 0.225. The van der Waals surface area contributed by atoms with Gasteiger partial charge in [-0.2, -0.15) is 0 Å². The molecule has 0 unspecified atom stereocenters. The van der Waals surface area contributed by atoms with Crippen LogP contribution < -0.4 is 5.32 Å². The van der Waals surface area contributed by atoms with Crippen molar-refractivity contribution in [2.45, 2.75) is 0 Å². The number of amides is 1. The molecule has 0 aliphatic heterocycles. The molecule has 0 aliphatic rings. The first kappa shape index (κ1) is 11.9. The number of pyridine rings is 1. The number of carbonyl (C=O) groups excluding carboxylic acids is 1. The Hall–Kier alpha value is -1.13. The minimum atomic E-state index is -0.260. The third-order valence-corrected chi connectivity index (χ3v) is 1.29. The minimum Gasteiger partial charge on any atom is -0.395 e. The molecular formula is C8H11ClN2O2. The highest BCUT2D eigenvalue weighted by Gasteiger charge is 2.03. The van der Waals surface area contributed by atoms with Crippen LogP contribution in [0.3, 0.4) is 0 Å². The van der Waals surface area contributed by atoms with E-state index in [9.17, 15) is 4.79 Å². The van der Waals surface area contributed by atoms with Crippen LogP contribution in [0.4, 0.5) is 0 Å². The highest BCUT2D eigenvalue weighted by Crippen LogP contribution is 1.91. The van der Waals surface area contributed by atoms with Gasteiger partial charge < -0.3 is 10.4 Å². The first-order chi connectivity index (χ1) is 5.84. The molecule has 0 fully saturated rings. The highest BCUT2D eigenvalue weighted by atomic mass is 35.5.